The maximum absolute atomic E-state index is 11.2. The van der Waals surface area contributed by atoms with Crippen molar-refractivity contribution >= 4 is 91.0 Å². The Morgan fingerprint density at radius 1 is 1.45 bits per heavy atom. The van der Waals surface area contributed by atoms with Crippen molar-refractivity contribution in [3.63, 3.8) is 0 Å². The molecule has 1 aromatic rings. The average molecular weight is 609 g/mol. The molecule has 0 spiro atoms. The second-order valence-corrected chi connectivity index (χ2v) is 6.71. The second-order valence-electron chi connectivity index (χ2n) is 3.31. The maximum Gasteiger partial charge on any atom is 0.337 e. The van der Waals surface area contributed by atoms with E-state index in [1.807, 2.05) is 67.8 Å². The van der Waals surface area contributed by atoms with Crippen molar-refractivity contribution in [2.75, 3.05) is 5.43 Å². The summed E-state index contributed by atoms with van der Waals surface area (Å²) < 4.78 is 1.81. The number of carboxylic acids is 1. The van der Waals surface area contributed by atoms with Crippen LogP contribution in [0, 0.1) is 27.5 Å². The number of hydrogen-bond acceptors (Lipinski definition) is 5. The summed E-state index contributed by atoms with van der Waals surface area (Å²) in [4.78, 5) is 11.2. The third kappa shape index (κ3) is 3.91. The molecule has 104 valence electrons. The summed E-state index contributed by atoms with van der Waals surface area (Å²) in [5, 5.41) is 28.8. The molecule has 20 heavy (non-hydrogen) atoms. The van der Waals surface area contributed by atoms with Crippen LogP contribution in [0.1, 0.15) is 10.4 Å². The van der Waals surface area contributed by atoms with Crippen LogP contribution in [0.4, 0.5) is 5.69 Å². The van der Waals surface area contributed by atoms with Crippen LogP contribution in [0.3, 0.4) is 0 Å². The predicted molar refractivity (Wildman–Crippen MR) is 100 cm³/mol. The number of nitriles is 1. The molecule has 0 saturated heterocycles. The van der Waals surface area contributed by atoms with Crippen LogP contribution in [0.15, 0.2) is 11.2 Å². The van der Waals surface area contributed by atoms with Gasteiger partial charge in [-0.3, -0.25) is 10.8 Å². The average Bonchev–Trinajstić information content (AvgIpc) is 2.31. The zero-order valence-electron chi connectivity index (χ0n) is 9.54. The highest BCUT2D eigenvalue weighted by atomic mass is 127. The fourth-order valence-corrected chi connectivity index (χ4v) is 5.22. The Hall–Kier alpha value is -0.690. The monoisotopic (exact) mass is 609 g/mol. The molecule has 0 bridgehead atoms. The highest BCUT2D eigenvalue weighted by molar-refractivity contribution is 14.1. The number of nitrogens with two attached hydrogens (primary N) is 1. The number of anilines is 1. The molecule has 7 nitrogen and oxygen atoms in total. The minimum Gasteiger partial charge on any atom is -0.478 e. The molecule has 0 unspecified atom stereocenters. The fourth-order valence-electron chi connectivity index (χ4n) is 1.15. The van der Waals surface area contributed by atoms with Crippen molar-refractivity contribution in [2.24, 2.45) is 10.8 Å². The number of amidine groups is 1. The van der Waals surface area contributed by atoms with E-state index in [0.717, 1.165) is 3.57 Å². The normalized spacial score (nSPS) is 10.8. The van der Waals surface area contributed by atoms with E-state index in [4.69, 9.17) is 16.4 Å². The molecular weight excluding hydrogens is 603 g/mol. The molecule has 1 rings (SSSR count). The van der Waals surface area contributed by atoms with Crippen molar-refractivity contribution < 1.29 is 9.90 Å². The highest BCUT2D eigenvalue weighted by Crippen LogP contribution is 2.31. The third-order valence-electron chi connectivity index (χ3n) is 2.02. The van der Waals surface area contributed by atoms with Crippen LogP contribution >= 0.6 is 67.8 Å². The van der Waals surface area contributed by atoms with Gasteiger partial charge < -0.3 is 10.8 Å². The first kappa shape index (κ1) is 17.4. The summed E-state index contributed by atoms with van der Waals surface area (Å²) in [5.74, 6) is -1.51. The zero-order chi connectivity index (χ0) is 15.4. The molecule has 10 heteroatoms. The van der Waals surface area contributed by atoms with Gasteiger partial charge in [0.2, 0.25) is 5.71 Å². The summed E-state index contributed by atoms with van der Waals surface area (Å²) >= 11 is 5.86. The van der Waals surface area contributed by atoms with Crippen molar-refractivity contribution in [1.82, 2.24) is 0 Å². The van der Waals surface area contributed by atoms with E-state index in [1.54, 1.807) is 12.1 Å². The summed E-state index contributed by atoms with van der Waals surface area (Å²) in [5.41, 5.74) is 8.12. The zero-order valence-corrected chi connectivity index (χ0v) is 16.0. The van der Waals surface area contributed by atoms with E-state index in [9.17, 15) is 9.90 Å². The van der Waals surface area contributed by atoms with Gasteiger partial charge in [0.25, 0.3) is 0 Å². The molecule has 0 saturated carbocycles. The summed E-state index contributed by atoms with van der Waals surface area (Å²) in [7, 11) is 0. The minimum atomic E-state index is -1.05. The van der Waals surface area contributed by atoms with Gasteiger partial charge in [0, 0.05) is 7.14 Å². The van der Waals surface area contributed by atoms with Gasteiger partial charge in [-0.1, -0.05) is 0 Å². The first-order valence-electron chi connectivity index (χ1n) is 4.78. The number of carbonyl (C=O) groups is 1. The molecule has 0 aliphatic heterocycles. The van der Waals surface area contributed by atoms with Gasteiger partial charge in [-0.25, -0.2) is 4.79 Å². The lowest BCUT2D eigenvalue weighted by molar-refractivity contribution is 0.0694. The molecule has 0 aliphatic carbocycles. The number of benzene rings is 1. The lowest BCUT2D eigenvalue weighted by atomic mass is 10.2. The fraction of sp³-hybridized carbons (Fsp3) is 0. The number of hydrazone groups is 1. The van der Waals surface area contributed by atoms with E-state index in [1.165, 1.54) is 0 Å². The Balaban J connectivity index is 3.34. The maximum atomic E-state index is 11.2. The van der Waals surface area contributed by atoms with E-state index in [2.05, 4.69) is 10.5 Å². The molecule has 1 aromatic carbocycles. The number of carboxylic acid groups (broad SMARTS) is 1. The van der Waals surface area contributed by atoms with Gasteiger partial charge in [-0.2, -0.15) is 10.4 Å². The van der Waals surface area contributed by atoms with Crippen molar-refractivity contribution in [2.45, 2.75) is 0 Å². The molecule has 0 fully saturated rings. The Morgan fingerprint density at radius 3 is 2.50 bits per heavy atom. The summed E-state index contributed by atoms with van der Waals surface area (Å²) in [6.07, 6.45) is 0. The van der Waals surface area contributed by atoms with E-state index in [-0.39, 0.29) is 11.3 Å². The van der Waals surface area contributed by atoms with Crippen LogP contribution < -0.4 is 11.2 Å². The third-order valence-corrected chi connectivity index (χ3v) is 4.80. The summed E-state index contributed by atoms with van der Waals surface area (Å²) in [6.45, 7) is 0. The molecule has 0 aliphatic rings. The van der Waals surface area contributed by atoms with Crippen LogP contribution in [0.5, 0.6) is 0 Å². The Labute approximate surface area is 154 Å². The Bertz CT molecular complexity index is 666. The van der Waals surface area contributed by atoms with Gasteiger partial charge in [-0.05, 0) is 73.8 Å². The molecular formula is C10H6I3N5O2. The molecule has 0 aromatic heterocycles. The standard InChI is InChI=1S/C10H6I3N5O2/c11-3-1-4(12)8(7(13)6(3)10(19)20)18-17-5(2-14)9(15)16/h1,18H,(H3,15,16)(H,19,20)/b17-5+. The van der Waals surface area contributed by atoms with Crippen LogP contribution in [-0.4, -0.2) is 22.6 Å². The lowest BCUT2D eigenvalue weighted by Gasteiger charge is -2.11. The SMILES string of the molecule is N#C/C(=N\Nc1c(I)cc(I)c(C(=O)O)c1I)C(=N)N. The van der Waals surface area contributed by atoms with Gasteiger partial charge in [-0.15, -0.1) is 0 Å². The molecule has 0 radical (unpaired) electrons. The smallest absolute Gasteiger partial charge is 0.337 e. The van der Waals surface area contributed by atoms with Crippen LogP contribution in [0.25, 0.3) is 0 Å². The van der Waals surface area contributed by atoms with Gasteiger partial charge in [0.15, 0.2) is 5.84 Å². The first-order chi connectivity index (χ1) is 9.29. The summed E-state index contributed by atoms with van der Waals surface area (Å²) in [6, 6.07) is 3.36. The number of aromatic carboxylic acids is 1. The van der Waals surface area contributed by atoms with E-state index in [0.29, 0.717) is 12.8 Å². The second kappa shape index (κ2) is 7.36. The Kier molecular flexibility index (Phi) is 6.39. The minimum absolute atomic E-state index is 0.158. The van der Waals surface area contributed by atoms with Gasteiger partial charge in [0.1, 0.15) is 6.07 Å². The van der Waals surface area contributed by atoms with Crippen molar-refractivity contribution in [3.8, 4) is 6.07 Å². The van der Waals surface area contributed by atoms with Gasteiger partial charge in [0.05, 0.1) is 14.8 Å². The van der Waals surface area contributed by atoms with E-state index < -0.39 is 11.8 Å². The number of rotatable bonds is 4. The van der Waals surface area contributed by atoms with Crippen LogP contribution in [0.2, 0.25) is 0 Å². The molecule has 5 N–H and O–H groups in total. The van der Waals surface area contributed by atoms with Crippen LogP contribution in [-0.2, 0) is 0 Å². The largest absolute Gasteiger partial charge is 0.478 e. The lowest BCUT2D eigenvalue weighted by Crippen LogP contribution is -2.22. The number of nitrogens with one attached hydrogen (secondary N) is 2. The number of halogens is 3. The molecule has 0 heterocycles. The number of nitrogens with zero attached hydrogens (tertiary/aromatic N) is 2. The van der Waals surface area contributed by atoms with E-state index >= 15 is 0 Å². The van der Waals surface area contributed by atoms with Gasteiger partial charge >= 0.3 is 5.97 Å². The molecule has 0 amide bonds. The predicted octanol–water partition coefficient (Wildman–Crippen LogP) is 2.43. The molecule has 0 atom stereocenters. The van der Waals surface area contributed by atoms with Crippen molar-refractivity contribution in [1.29, 1.82) is 10.7 Å². The highest BCUT2D eigenvalue weighted by Gasteiger charge is 2.19. The first-order valence-corrected chi connectivity index (χ1v) is 8.02. The Morgan fingerprint density at radius 2 is 2.05 bits per heavy atom. The van der Waals surface area contributed by atoms with Crippen molar-refractivity contribution in [3.05, 3.63) is 22.3 Å². The topological polar surface area (TPSA) is 135 Å². The quantitative estimate of drug-likeness (QED) is 0.180. The number of hydrogen-bond donors (Lipinski definition) is 4.